The Morgan fingerprint density at radius 3 is 2.33 bits per heavy atom. The Balaban J connectivity index is 3.49. The zero-order valence-electron chi connectivity index (χ0n) is 8.41. The van der Waals surface area contributed by atoms with Crippen LogP contribution < -0.4 is 10.6 Å². The van der Waals surface area contributed by atoms with Gasteiger partial charge in [0.05, 0.1) is 6.54 Å². The molecule has 86 valence electrons. The molecule has 0 saturated heterocycles. The molecule has 0 unspecified atom stereocenters. The van der Waals surface area contributed by atoms with Crippen molar-refractivity contribution in [1.82, 2.24) is 10.6 Å². The van der Waals surface area contributed by atoms with Gasteiger partial charge in [-0.05, 0) is 6.92 Å². The molecule has 0 atom stereocenters. The minimum atomic E-state index is -1.15. The topological polar surface area (TPSA) is 105 Å². The van der Waals surface area contributed by atoms with Crippen molar-refractivity contribution in [2.75, 3.05) is 26.3 Å². The highest BCUT2D eigenvalue weighted by atomic mass is 16.5. The molecule has 15 heavy (non-hydrogen) atoms. The van der Waals surface area contributed by atoms with Crippen molar-refractivity contribution < 1.29 is 24.2 Å². The molecular formula is C8H14N2O5. The number of nitrogens with one attached hydrogen (secondary N) is 2. The van der Waals surface area contributed by atoms with E-state index in [1.54, 1.807) is 6.92 Å². The number of rotatable bonds is 7. The normalized spacial score (nSPS) is 9.40. The lowest BCUT2D eigenvalue weighted by Gasteiger charge is -2.04. The number of aliphatic carboxylic acids is 1. The van der Waals surface area contributed by atoms with Crippen molar-refractivity contribution in [2.24, 2.45) is 0 Å². The molecular weight excluding hydrogens is 204 g/mol. The quantitative estimate of drug-likeness (QED) is 0.474. The summed E-state index contributed by atoms with van der Waals surface area (Å²) in [6.45, 7) is 1.21. The molecule has 0 heterocycles. The van der Waals surface area contributed by atoms with Crippen LogP contribution >= 0.6 is 0 Å². The van der Waals surface area contributed by atoms with Gasteiger partial charge in [-0.2, -0.15) is 0 Å². The summed E-state index contributed by atoms with van der Waals surface area (Å²) in [6, 6.07) is 0. The smallest absolute Gasteiger partial charge is 0.329 e. The van der Waals surface area contributed by atoms with E-state index in [0.717, 1.165) is 0 Å². The van der Waals surface area contributed by atoms with Crippen LogP contribution in [0, 0.1) is 0 Å². The average Bonchev–Trinajstić information content (AvgIpc) is 2.14. The zero-order chi connectivity index (χ0) is 11.7. The third-order valence-corrected chi connectivity index (χ3v) is 1.28. The minimum absolute atomic E-state index is 0.136. The van der Waals surface area contributed by atoms with E-state index in [-0.39, 0.29) is 19.1 Å². The Bertz CT molecular complexity index is 241. The fraction of sp³-hybridized carbons (Fsp3) is 0.625. The second-order valence-corrected chi connectivity index (χ2v) is 2.62. The third-order valence-electron chi connectivity index (χ3n) is 1.28. The molecule has 0 spiro atoms. The van der Waals surface area contributed by atoms with Gasteiger partial charge in [-0.25, -0.2) is 4.79 Å². The van der Waals surface area contributed by atoms with E-state index >= 15 is 0 Å². The SMILES string of the molecule is CCNC(=O)CNC(=O)COCC(=O)O. The van der Waals surface area contributed by atoms with Crippen LogP contribution in [0.5, 0.6) is 0 Å². The molecule has 0 aromatic heterocycles. The molecule has 0 saturated carbocycles. The summed E-state index contributed by atoms with van der Waals surface area (Å²) in [7, 11) is 0. The molecule has 0 aliphatic rings. The standard InChI is InChI=1S/C8H14N2O5/c1-2-9-6(11)3-10-7(12)4-15-5-8(13)14/h2-5H2,1H3,(H,9,11)(H,10,12)(H,13,14). The fourth-order valence-corrected chi connectivity index (χ4v) is 0.721. The Labute approximate surface area is 86.8 Å². The molecule has 0 bridgehead atoms. The van der Waals surface area contributed by atoms with Crippen LogP contribution in [-0.2, 0) is 19.1 Å². The molecule has 0 radical (unpaired) electrons. The largest absolute Gasteiger partial charge is 0.480 e. The van der Waals surface area contributed by atoms with Crippen molar-refractivity contribution in [1.29, 1.82) is 0 Å². The Morgan fingerprint density at radius 1 is 1.13 bits per heavy atom. The number of hydrogen-bond acceptors (Lipinski definition) is 4. The van der Waals surface area contributed by atoms with Gasteiger partial charge < -0.3 is 20.5 Å². The number of carbonyl (C=O) groups is 3. The maximum Gasteiger partial charge on any atom is 0.329 e. The first kappa shape index (κ1) is 13.4. The molecule has 0 fully saturated rings. The first-order valence-corrected chi connectivity index (χ1v) is 4.39. The van der Waals surface area contributed by atoms with Gasteiger partial charge in [0.2, 0.25) is 11.8 Å². The highest BCUT2D eigenvalue weighted by Crippen LogP contribution is 1.75. The number of carboxylic acid groups (broad SMARTS) is 1. The van der Waals surface area contributed by atoms with Gasteiger partial charge in [-0.3, -0.25) is 9.59 Å². The minimum Gasteiger partial charge on any atom is -0.480 e. The van der Waals surface area contributed by atoms with Crippen molar-refractivity contribution in [3.05, 3.63) is 0 Å². The summed E-state index contributed by atoms with van der Waals surface area (Å²) in [4.78, 5) is 31.8. The van der Waals surface area contributed by atoms with Crippen molar-refractivity contribution in [2.45, 2.75) is 6.92 Å². The molecule has 7 nitrogen and oxygen atoms in total. The average molecular weight is 218 g/mol. The van der Waals surface area contributed by atoms with Gasteiger partial charge in [-0.1, -0.05) is 0 Å². The summed E-state index contributed by atoms with van der Waals surface area (Å²) in [6.07, 6.45) is 0. The van der Waals surface area contributed by atoms with Gasteiger partial charge in [0.25, 0.3) is 0 Å². The van der Waals surface area contributed by atoms with E-state index < -0.39 is 18.5 Å². The van der Waals surface area contributed by atoms with E-state index in [0.29, 0.717) is 6.54 Å². The molecule has 0 rings (SSSR count). The van der Waals surface area contributed by atoms with Crippen LogP contribution in [0.4, 0.5) is 0 Å². The van der Waals surface area contributed by atoms with Crippen LogP contribution in [0.3, 0.4) is 0 Å². The Kier molecular flexibility index (Phi) is 6.90. The predicted molar refractivity (Wildman–Crippen MR) is 50.1 cm³/mol. The zero-order valence-corrected chi connectivity index (χ0v) is 8.41. The van der Waals surface area contributed by atoms with Gasteiger partial charge in [0, 0.05) is 6.54 Å². The number of likely N-dealkylation sites (N-methyl/N-ethyl adjacent to an activating group) is 1. The lowest BCUT2D eigenvalue weighted by Crippen LogP contribution is -2.38. The van der Waals surface area contributed by atoms with Gasteiger partial charge in [0.15, 0.2) is 0 Å². The Morgan fingerprint density at radius 2 is 1.80 bits per heavy atom. The van der Waals surface area contributed by atoms with Crippen LogP contribution in [0.2, 0.25) is 0 Å². The van der Waals surface area contributed by atoms with Crippen LogP contribution in [0.25, 0.3) is 0 Å². The van der Waals surface area contributed by atoms with Crippen molar-refractivity contribution in [3.63, 3.8) is 0 Å². The molecule has 2 amide bonds. The van der Waals surface area contributed by atoms with Crippen LogP contribution in [0.1, 0.15) is 6.92 Å². The summed E-state index contributed by atoms with van der Waals surface area (Å²) in [5.74, 6) is -1.97. The highest BCUT2D eigenvalue weighted by molar-refractivity contribution is 5.85. The second-order valence-electron chi connectivity index (χ2n) is 2.62. The summed E-state index contributed by atoms with van der Waals surface area (Å²) < 4.78 is 4.51. The molecule has 0 aliphatic carbocycles. The van der Waals surface area contributed by atoms with Gasteiger partial charge >= 0.3 is 5.97 Å². The summed E-state index contributed by atoms with van der Waals surface area (Å²) in [5, 5.41) is 13.0. The van der Waals surface area contributed by atoms with E-state index in [9.17, 15) is 14.4 Å². The van der Waals surface area contributed by atoms with Crippen molar-refractivity contribution in [3.8, 4) is 0 Å². The maximum absolute atomic E-state index is 10.9. The number of carboxylic acids is 1. The lowest BCUT2D eigenvalue weighted by molar-refractivity contribution is -0.143. The third kappa shape index (κ3) is 8.69. The highest BCUT2D eigenvalue weighted by Gasteiger charge is 2.05. The fourth-order valence-electron chi connectivity index (χ4n) is 0.721. The van der Waals surface area contributed by atoms with E-state index in [1.165, 1.54) is 0 Å². The van der Waals surface area contributed by atoms with Crippen molar-refractivity contribution >= 4 is 17.8 Å². The molecule has 3 N–H and O–H groups in total. The maximum atomic E-state index is 10.9. The van der Waals surface area contributed by atoms with Gasteiger partial charge in [0.1, 0.15) is 13.2 Å². The number of carbonyl (C=O) groups excluding carboxylic acids is 2. The van der Waals surface area contributed by atoms with Crippen LogP contribution in [0.15, 0.2) is 0 Å². The summed E-state index contributed by atoms with van der Waals surface area (Å²) >= 11 is 0. The second kappa shape index (κ2) is 7.74. The van der Waals surface area contributed by atoms with E-state index in [2.05, 4.69) is 15.4 Å². The molecule has 0 aliphatic heterocycles. The molecule has 0 aromatic carbocycles. The first-order valence-electron chi connectivity index (χ1n) is 4.39. The molecule has 0 aromatic rings. The van der Waals surface area contributed by atoms with Crippen LogP contribution in [-0.4, -0.2) is 49.2 Å². The first-order chi connectivity index (χ1) is 7.06. The summed E-state index contributed by atoms with van der Waals surface area (Å²) in [5.41, 5.74) is 0. The number of ether oxygens (including phenoxy) is 1. The Hall–Kier alpha value is -1.63. The monoisotopic (exact) mass is 218 g/mol. The lowest BCUT2D eigenvalue weighted by atomic mass is 10.5. The molecule has 7 heteroatoms. The van der Waals surface area contributed by atoms with E-state index in [4.69, 9.17) is 5.11 Å². The number of amides is 2. The van der Waals surface area contributed by atoms with Gasteiger partial charge in [-0.15, -0.1) is 0 Å². The number of hydrogen-bond donors (Lipinski definition) is 3. The predicted octanol–water partition coefficient (Wildman–Crippen LogP) is -1.66. The van der Waals surface area contributed by atoms with E-state index in [1.807, 2.05) is 0 Å².